The Labute approximate surface area is 248 Å². The van der Waals surface area contributed by atoms with E-state index in [-0.39, 0.29) is 24.2 Å². The average Bonchev–Trinajstić information content (AvgIpc) is 3.41. The van der Waals surface area contributed by atoms with Crippen molar-refractivity contribution in [3.05, 3.63) is 60.2 Å². The first-order valence-corrected chi connectivity index (χ1v) is 14.6. The number of thiazole rings is 1. The second kappa shape index (κ2) is 13.0. The molecular formula is C30H35N5O6S. The predicted octanol–water partition coefficient (Wildman–Crippen LogP) is 2.88. The third kappa shape index (κ3) is 6.96. The van der Waals surface area contributed by atoms with E-state index in [0.717, 1.165) is 36.4 Å². The summed E-state index contributed by atoms with van der Waals surface area (Å²) in [6.45, 7) is 6.74. The summed E-state index contributed by atoms with van der Waals surface area (Å²) in [4.78, 5) is 49.0. The number of benzene rings is 2. The summed E-state index contributed by atoms with van der Waals surface area (Å²) in [5.74, 6) is -0.353. The summed E-state index contributed by atoms with van der Waals surface area (Å²) in [6, 6.07) is 12.3. The minimum atomic E-state index is -0.554. The molecule has 11 nitrogen and oxygen atoms in total. The molecule has 2 aliphatic heterocycles. The molecule has 5 rings (SSSR count). The fourth-order valence-electron chi connectivity index (χ4n) is 5.03. The lowest BCUT2D eigenvalue weighted by molar-refractivity contribution is -0.195. The topological polar surface area (TPSA) is 114 Å². The van der Waals surface area contributed by atoms with Crippen molar-refractivity contribution >= 4 is 44.3 Å². The number of hydrogen-bond donors (Lipinski definition) is 1. The van der Waals surface area contributed by atoms with E-state index in [9.17, 15) is 14.4 Å². The first kappa shape index (κ1) is 29.6. The molecule has 1 aromatic heterocycles. The number of morpholine rings is 1. The van der Waals surface area contributed by atoms with Crippen LogP contribution >= 0.6 is 11.3 Å². The zero-order valence-corrected chi connectivity index (χ0v) is 24.8. The van der Waals surface area contributed by atoms with Crippen LogP contribution in [0.25, 0.3) is 10.2 Å². The monoisotopic (exact) mass is 593 g/mol. The first-order valence-electron chi connectivity index (χ1n) is 13.8. The molecule has 2 aromatic carbocycles. The number of ketones is 1. The Bertz CT molecular complexity index is 1450. The standard InChI is InChI=1S/C30H35N5O6S/c1-30(35-14-12-33(2)13-15-35)20-34(16-17-41-30)28(38)11-9-23(36)21-8-10-24(25(18-21)39-3)40-19-27(37)32-29-31-22-6-4-5-7-26(22)42-29/h4-11,18H,12-17,19-20H2,1-3H3,(H,31,32,37). The number of carbonyl (C=O) groups excluding carboxylic acids is 3. The van der Waals surface area contributed by atoms with Gasteiger partial charge in [-0.3, -0.25) is 24.6 Å². The number of hydrogen-bond acceptors (Lipinski definition) is 10. The van der Waals surface area contributed by atoms with Crippen LogP contribution in [-0.4, -0.2) is 110 Å². The lowest BCUT2D eigenvalue weighted by atomic mass is 10.1. The largest absolute Gasteiger partial charge is 0.493 e. The van der Waals surface area contributed by atoms with E-state index in [2.05, 4.69) is 27.1 Å². The summed E-state index contributed by atoms with van der Waals surface area (Å²) in [6.07, 6.45) is 2.58. The number of nitrogens with zero attached hydrogens (tertiary/aromatic N) is 4. The smallest absolute Gasteiger partial charge is 0.264 e. The Kier molecular flexibility index (Phi) is 9.17. The second-order valence-electron chi connectivity index (χ2n) is 10.5. The van der Waals surface area contributed by atoms with Crippen LogP contribution in [0.4, 0.5) is 5.13 Å². The predicted molar refractivity (Wildman–Crippen MR) is 160 cm³/mol. The maximum atomic E-state index is 13.0. The molecule has 1 N–H and O–H groups in total. The third-order valence-electron chi connectivity index (χ3n) is 7.47. The molecule has 0 bridgehead atoms. The number of piperazine rings is 1. The third-order valence-corrected chi connectivity index (χ3v) is 8.42. The van der Waals surface area contributed by atoms with Gasteiger partial charge in [0.25, 0.3) is 5.91 Å². The highest BCUT2D eigenvalue weighted by molar-refractivity contribution is 7.22. The molecule has 2 saturated heterocycles. The normalized spacial score (nSPS) is 20.1. The number of aromatic nitrogens is 1. The Morgan fingerprint density at radius 2 is 1.86 bits per heavy atom. The molecule has 0 saturated carbocycles. The number of amides is 2. The van der Waals surface area contributed by atoms with Crippen molar-refractivity contribution in [2.45, 2.75) is 12.6 Å². The van der Waals surface area contributed by atoms with Gasteiger partial charge in [-0.25, -0.2) is 4.98 Å². The van der Waals surface area contributed by atoms with Crippen LogP contribution in [0.5, 0.6) is 11.5 Å². The molecule has 42 heavy (non-hydrogen) atoms. The molecule has 3 aromatic rings. The SMILES string of the molecule is COc1cc(C(=O)C=CC(=O)N2CCOC(C)(N3CCN(C)CC3)C2)ccc1OCC(=O)Nc1nc2ccccc2s1. The molecule has 2 aliphatic rings. The van der Waals surface area contributed by atoms with Gasteiger partial charge < -0.3 is 24.0 Å². The molecule has 1 atom stereocenters. The van der Waals surface area contributed by atoms with Crippen molar-refractivity contribution in [3.63, 3.8) is 0 Å². The number of fused-ring (bicyclic) bond motifs is 1. The number of anilines is 1. The Morgan fingerprint density at radius 3 is 2.62 bits per heavy atom. The Hall–Kier alpha value is -3.84. The molecule has 2 amide bonds. The summed E-state index contributed by atoms with van der Waals surface area (Å²) in [7, 11) is 3.55. The van der Waals surface area contributed by atoms with E-state index in [1.54, 1.807) is 17.0 Å². The summed E-state index contributed by atoms with van der Waals surface area (Å²) in [5.41, 5.74) is 0.582. The number of methoxy groups -OCH3 is 1. The number of nitrogens with one attached hydrogen (secondary N) is 1. The summed E-state index contributed by atoms with van der Waals surface area (Å²) >= 11 is 1.38. The van der Waals surface area contributed by atoms with Crippen LogP contribution in [-0.2, 0) is 14.3 Å². The highest BCUT2D eigenvalue weighted by atomic mass is 32.1. The maximum Gasteiger partial charge on any atom is 0.264 e. The van der Waals surface area contributed by atoms with Crippen molar-refractivity contribution in [2.75, 3.05) is 72.0 Å². The molecule has 2 fully saturated rings. The zero-order chi connectivity index (χ0) is 29.7. The number of rotatable bonds is 9. The highest BCUT2D eigenvalue weighted by Crippen LogP contribution is 2.29. The van der Waals surface area contributed by atoms with Crippen molar-refractivity contribution in [1.29, 1.82) is 0 Å². The molecule has 12 heteroatoms. The molecule has 3 heterocycles. The van der Waals surface area contributed by atoms with Crippen LogP contribution < -0.4 is 14.8 Å². The fourth-order valence-corrected chi connectivity index (χ4v) is 5.91. The number of ether oxygens (including phenoxy) is 3. The average molecular weight is 594 g/mol. The van der Waals surface area contributed by atoms with Crippen molar-refractivity contribution in [2.24, 2.45) is 0 Å². The molecule has 0 spiro atoms. The quantitative estimate of drug-likeness (QED) is 0.296. The summed E-state index contributed by atoms with van der Waals surface area (Å²) in [5, 5.41) is 3.23. The molecule has 0 radical (unpaired) electrons. The lowest BCUT2D eigenvalue weighted by Gasteiger charge is -2.49. The van der Waals surface area contributed by atoms with Crippen LogP contribution in [0.1, 0.15) is 17.3 Å². The van der Waals surface area contributed by atoms with Gasteiger partial charge in [-0.15, -0.1) is 0 Å². The number of likely N-dealkylation sites (N-methyl/N-ethyl adjacent to an activating group) is 1. The van der Waals surface area contributed by atoms with Gasteiger partial charge >= 0.3 is 0 Å². The number of carbonyl (C=O) groups is 3. The lowest BCUT2D eigenvalue weighted by Crippen LogP contribution is -2.64. The molecule has 0 aliphatic carbocycles. The molecule has 1 unspecified atom stereocenters. The van der Waals surface area contributed by atoms with Gasteiger partial charge in [0.1, 0.15) is 5.72 Å². The summed E-state index contributed by atoms with van der Waals surface area (Å²) < 4.78 is 18.1. The van der Waals surface area contributed by atoms with Gasteiger partial charge in [0, 0.05) is 44.4 Å². The van der Waals surface area contributed by atoms with E-state index < -0.39 is 5.72 Å². The Balaban J connectivity index is 1.15. The van der Waals surface area contributed by atoms with Gasteiger partial charge in [0.05, 0.1) is 30.5 Å². The zero-order valence-electron chi connectivity index (χ0n) is 24.0. The van der Waals surface area contributed by atoms with Gasteiger partial charge in [0.15, 0.2) is 29.0 Å². The van der Waals surface area contributed by atoms with E-state index >= 15 is 0 Å². The van der Waals surface area contributed by atoms with Gasteiger partial charge in [0.2, 0.25) is 5.91 Å². The van der Waals surface area contributed by atoms with Crippen LogP contribution in [0.15, 0.2) is 54.6 Å². The van der Waals surface area contributed by atoms with E-state index in [1.165, 1.54) is 36.7 Å². The van der Waals surface area contributed by atoms with E-state index in [0.29, 0.717) is 41.9 Å². The van der Waals surface area contributed by atoms with Crippen molar-refractivity contribution < 1.29 is 28.6 Å². The van der Waals surface area contributed by atoms with Gasteiger partial charge in [-0.2, -0.15) is 0 Å². The minimum Gasteiger partial charge on any atom is -0.493 e. The van der Waals surface area contributed by atoms with Gasteiger partial charge in [-0.1, -0.05) is 23.5 Å². The Morgan fingerprint density at radius 1 is 1.07 bits per heavy atom. The molecule has 222 valence electrons. The number of para-hydroxylation sites is 1. The van der Waals surface area contributed by atoms with Gasteiger partial charge in [-0.05, 0) is 50.4 Å². The minimum absolute atomic E-state index is 0.238. The van der Waals surface area contributed by atoms with E-state index in [1.807, 2.05) is 31.2 Å². The van der Waals surface area contributed by atoms with Crippen LogP contribution in [0, 0.1) is 0 Å². The molecular weight excluding hydrogens is 558 g/mol. The fraction of sp³-hybridized carbons (Fsp3) is 0.400. The van der Waals surface area contributed by atoms with Crippen molar-refractivity contribution in [1.82, 2.24) is 19.7 Å². The highest BCUT2D eigenvalue weighted by Gasteiger charge is 2.39. The second-order valence-corrected chi connectivity index (χ2v) is 11.5. The first-order chi connectivity index (χ1) is 20.2. The van der Waals surface area contributed by atoms with E-state index in [4.69, 9.17) is 14.2 Å². The maximum absolute atomic E-state index is 13.0. The van der Waals surface area contributed by atoms with Crippen molar-refractivity contribution in [3.8, 4) is 11.5 Å². The van der Waals surface area contributed by atoms with Crippen LogP contribution in [0.2, 0.25) is 0 Å². The van der Waals surface area contributed by atoms with Crippen LogP contribution in [0.3, 0.4) is 0 Å². The number of allylic oxidation sites excluding steroid dienone is 1.